The van der Waals surface area contributed by atoms with E-state index in [0.717, 1.165) is 16.3 Å². The number of anilines is 1. The summed E-state index contributed by atoms with van der Waals surface area (Å²) in [6, 6.07) is 7.99. The Balaban J connectivity index is 1.60. The van der Waals surface area contributed by atoms with Crippen LogP contribution in [0.3, 0.4) is 0 Å². The second-order valence-corrected chi connectivity index (χ2v) is 8.28. The topological polar surface area (TPSA) is 51.1 Å². The van der Waals surface area contributed by atoms with Gasteiger partial charge in [-0.1, -0.05) is 36.3 Å². The molecular formula is C18H22N2O2S2. The summed E-state index contributed by atoms with van der Waals surface area (Å²) < 4.78 is 1.66. The van der Waals surface area contributed by atoms with Gasteiger partial charge in [-0.3, -0.25) is 9.59 Å². The molecule has 0 spiro atoms. The normalized spacial score (nSPS) is 14.9. The standard InChI is InChI=1S/C18H22N2O2S2/c1-13-12-23-18(22)20(13)11-10-17(21)19-15-8-4-5-9-16(15)24-14-6-2-3-7-14/h4-5,8-9,12,14H,2-3,6-7,10-11H2,1H3,(H,19,21). The van der Waals surface area contributed by atoms with Crippen molar-refractivity contribution in [2.75, 3.05) is 5.32 Å². The first-order valence-electron chi connectivity index (χ1n) is 8.34. The zero-order valence-corrected chi connectivity index (χ0v) is 15.4. The lowest BCUT2D eigenvalue weighted by Crippen LogP contribution is -2.20. The second kappa shape index (κ2) is 8.03. The Morgan fingerprint density at radius 1 is 1.33 bits per heavy atom. The summed E-state index contributed by atoms with van der Waals surface area (Å²) in [5.41, 5.74) is 1.80. The minimum Gasteiger partial charge on any atom is -0.325 e. The van der Waals surface area contributed by atoms with E-state index < -0.39 is 0 Å². The maximum Gasteiger partial charge on any atom is 0.307 e. The lowest BCUT2D eigenvalue weighted by atomic mass is 10.3. The van der Waals surface area contributed by atoms with Crippen molar-refractivity contribution < 1.29 is 4.79 Å². The summed E-state index contributed by atoms with van der Waals surface area (Å²) in [4.78, 5) is 25.1. The predicted octanol–water partition coefficient (Wildman–Crippen LogP) is 4.28. The van der Waals surface area contributed by atoms with Crippen LogP contribution in [0.15, 0.2) is 39.3 Å². The number of nitrogens with one attached hydrogen (secondary N) is 1. The second-order valence-electron chi connectivity index (χ2n) is 6.11. The Bertz CT molecular complexity index is 760. The molecule has 1 aliphatic carbocycles. The highest BCUT2D eigenvalue weighted by Crippen LogP contribution is 2.38. The van der Waals surface area contributed by atoms with Crippen LogP contribution in [0.2, 0.25) is 0 Å². The highest BCUT2D eigenvalue weighted by molar-refractivity contribution is 8.00. The first-order valence-corrected chi connectivity index (χ1v) is 10.1. The van der Waals surface area contributed by atoms with Crippen molar-refractivity contribution in [3.63, 3.8) is 0 Å². The molecule has 128 valence electrons. The number of thiazole rings is 1. The summed E-state index contributed by atoms with van der Waals surface area (Å²) >= 11 is 3.05. The highest BCUT2D eigenvalue weighted by atomic mass is 32.2. The van der Waals surface area contributed by atoms with Crippen LogP contribution < -0.4 is 10.2 Å². The first kappa shape index (κ1) is 17.3. The van der Waals surface area contributed by atoms with Gasteiger partial charge in [-0.15, -0.1) is 11.8 Å². The number of hydrogen-bond acceptors (Lipinski definition) is 4. The Kier molecular flexibility index (Phi) is 5.79. The fourth-order valence-electron chi connectivity index (χ4n) is 2.96. The van der Waals surface area contributed by atoms with Crippen molar-refractivity contribution in [2.45, 2.75) is 55.7 Å². The van der Waals surface area contributed by atoms with Gasteiger partial charge in [0.15, 0.2) is 0 Å². The molecule has 1 aromatic heterocycles. The number of nitrogens with zero attached hydrogens (tertiary/aromatic N) is 1. The van der Waals surface area contributed by atoms with Crippen LogP contribution in [0, 0.1) is 6.92 Å². The van der Waals surface area contributed by atoms with Crippen LogP contribution in [-0.2, 0) is 11.3 Å². The average Bonchev–Trinajstić information content (AvgIpc) is 3.18. The number of benzene rings is 1. The molecule has 0 bridgehead atoms. The fourth-order valence-corrected chi connectivity index (χ4v) is 5.05. The van der Waals surface area contributed by atoms with Crippen LogP contribution in [0.25, 0.3) is 0 Å². The third-order valence-electron chi connectivity index (χ3n) is 4.30. The summed E-state index contributed by atoms with van der Waals surface area (Å²) in [6.45, 7) is 2.32. The molecule has 1 saturated carbocycles. The molecule has 1 heterocycles. The molecule has 1 amide bonds. The van der Waals surface area contributed by atoms with Gasteiger partial charge < -0.3 is 9.88 Å². The maximum atomic E-state index is 12.3. The average molecular weight is 363 g/mol. The quantitative estimate of drug-likeness (QED) is 0.834. The third-order valence-corrected chi connectivity index (χ3v) is 6.59. The van der Waals surface area contributed by atoms with Crippen LogP contribution >= 0.6 is 23.1 Å². The maximum absolute atomic E-state index is 12.3. The van der Waals surface area contributed by atoms with Crippen molar-refractivity contribution in [1.29, 1.82) is 0 Å². The predicted molar refractivity (Wildman–Crippen MR) is 101 cm³/mol. The minimum absolute atomic E-state index is 0.00232. The van der Waals surface area contributed by atoms with Crippen LogP contribution in [-0.4, -0.2) is 15.7 Å². The van der Waals surface area contributed by atoms with Gasteiger partial charge in [0.05, 0.1) is 5.69 Å². The number of amides is 1. The summed E-state index contributed by atoms with van der Waals surface area (Å²) in [7, 11) is 0. The minimum atomic E-state index is -0.0491. The lowest BCUT2D eigenvalue weighted by molar-refractivity contribution is -0.116. The molecule has 2 aromatic rings. The SMILES string of the molecule is Cc1csc(=O)n1CCC(=O)Nc1ccccc1SC1CCCC1. The van der Waals surface area contributed by atoms with Gasteiger partial charge in [-0.05, 0) is 31.9 Å². The van der Waals surface area contributed by atoms with E-state index in [1.807, 2.05) is 42.3 Å². The van der Waals surface area contributed by atoms with Crippen LogP contribution in [0.4, 0.5) is 5.69 Å². The molecule has 0 saturated heterocycles. The third kappa shape index (κ3) is 4.30. The van der Waals surface area contributed by atoms with Gasteiger partial charge in [0.2, 0.25) is 5.91 Å². The molecule has 1 aromatic carbocycles. The van der Waals surface area contributed by atoms with E-state index in [9.17, 15) is 9.59 Å². The molecule has 1 fully saturated rings. The van der Waals surface area contributed by atoms with E-state index in [2.05, 4.69) is 11.4 Å². The van der Waals surface area contributed by atoms with Gasteiger partial charge in [-0.2, -0.15) is 0 Å². The summed E-state index contributed by atoms with van der Waals surface area (Å²) in [5.74, 6) is -0.0491. The summed E-state index contributed by atoms with van der Waals surface area (Å²) in [6.07, 6.45) is 5.43. The number of hydrogen-bond donors (Lipinski definition) is 1. The Morgan fingerprint density at radius 2 is 2.08 bits per heavy atom. The Labute approximate surface area is 150 Å². The number of aryl methyl sites for hydroxylation is 1. The number of rotatable bonds is 6. The molecule has 0 aliphatic heterocycles. The van der Waals surface area contributed by atoms with E-state index >= 15 is 0 Å². The summed E-state index contributed by atoms with van der Waals surface area (Å²) in [5, 5.41) is 5.50. The lowest BCUT2D eigenvalue weighted by Gasteiger charge is -2.14. The van der Waals surface area contributed by atoms with Crippen molar-refractivity contribution in [3.05, 3.63) is 45.0 Å². The van der Waals surface area contributed by atoms with E-state index in [1.54, 1.807) is 4.57 Å². The number of thioether (sulfide) groups is 1. The van der Waals surface area contributed by atoms with E-state index in [4.69, 9.17) is 0 Å². The van der Waals surface area contributed by atoms with Crippen LogP contribution in [0.5, 0.6) is 0 Å². The van der Waals surface area contributed by atoms with Gasteiger partial charge in [0.1, 0.15) is 0 Å². The van der Waals surface area contributed by atoms with Gasteiger partial charge in [-0.25, -0.2) is 0 Å². The Morgan fingerprint density at radius 3 is 2.79 bits per heavy atom. The van der Waals surface area contributed by atoms with Crippen molar-refractivity contribution in [2.24, 2.45) is 0 Å². The van der Waals surface area contributed by atoms with Crippen molar-refractivity contribution in [1.82, 2.24) is 4.57 Å². The van der Waals surface area contributed by atoms with E-state index in [0.29, 0.717) is 18.2 Å². The smallest absolute Gasteiger partial charge is 0.307 e. The molecule has 1 aliphatic rings. The molecule has 4 nitrogen and oxygen atoms in total. The zero-order valence-electron chi connectivity index (χ0n) is 13.8. The molecule has 1 N–H and O–H groups in total. The molecule has 0 atom stereocenters. The highest BCUT2D eigenvalue weighted by Gasteiger charge is 2.18. The van der Waals surface area contributed by atoms with Gasteiger partial charge in [0, 0.05) is 34.2 Å². The monoisotopic (exact) mass is 362 g/mol. The first-order chi connectivity index (χ1) is 11.6. The van der Waals surface area contributed by atoms with E-state index in [1.165, 1.54) is 37.0 Å². The van der Waals surface area contributed by atoms with Crippen LogP contribution in [0.1, 0.15) is 37.8 Å². The number of carbonyl (C=O) groups is 1. The fraction of sp³-hybridized carbons (Fsp3) is 0.444. The zero-order chi connectivity index (χ0) is 16.9. The molecular weight excluding hydrogens is 340 g/mol. The number of aromatic nitrogens is 1. The molecule has 3 rings (SSSR count). The van der Waals surface area contributed by atoms with Crippen molar-refractivity contribution in [3.8, 4) is 0 Å². The molecule has 0 unspecified atom stereocenters. The number of carbonyl (C=O) groups excluding carboxylic acids is 1. The molecule has 24 heavy (non-hydrogen) atoms. The van der Waals surface area contributed by atoms with Gasteiger partial charge >= 0.3 is 4.87 Å². The Hall–Kier alpha value is -1.53. The van der Waals surface area contributed by atoms with E-state index in [-0.39, 0.29) is 10.8 Å². The van der Waals surface area contributed by atoms with Gasteiger partial charge in [0.25, 0.3) is 0 Å². The molecule has 6 heteroatoms. The molecule has 0 radical (unpaired) electrons. The van der Waals surface area contributed by atoms with Crippen molar-refractivity contribution >= 4 is 34.7 Å². The number of para-hydroxylation sites is 1. The largest absolute Gasteiger partial charge is 0.325 e.